The third-order valence-corrected chi connectivity index (χ3v) is 4.61. The van der Waals surface area contributed by atoms with Crippen molar-refractivity contribution < 1.29 is 14.3 Å². The van der Waals surface area contributed by atoms with Crippen molar-refractivity contribution in [2.75, 3.05) is 10.6 Å². The smallest absolute Gasteiger partial charge is 0.228 e. The molecule has 0 spiro atoms. The molecule has 0 saturated heterocycles. The maximum absolute atomic E-state index is 12.4. The highest BCUT2D eigenvalue weighted by atomic mass is 16.5. The van der Waals surface area contributed by atoms with Gasteiger partial charge >= 0.3 is 0 Å². The highest BCUT2D eigenvalue weighted by Crippen LogP contribution is 2.40. The van der Waals surface area contributed by atoms with Crippen LogP contribution in [0.5, 0.6) is 11.5 Å². The van der Waals surface area contributed by atoms with Gasteiger partial charge in [0.1, 0.15) is 11.5 Å². The first-order valence-electron chi connectivity index (χ1n) is 9.19. The third-order valence-electron chi connectivity index (χ3n) is 4.61. The summed E-state index contributed by atoms with van der Waals surface area (Å²) < 4.78 is 5.74. The predicted molar refractivity (Wildman–Crippen MR) is 108 cm³/mol. The second-order valence-corrected chi connectivity index (χ2v) is 6.73. The lowest BCUT2D eigenvalue weighted by atomic mass is 10.2. The van der Waals surface area contributed by atoms with Crippen LogP contribution < -0.4 is 15.4 Å². The number of para-hydroxylation sites is 2. The summed E-state index contributed by atoms with van der Waals surface area (Å²) in [5.74, 6) is 0.632. The van der Waals surface area contributed by atoms with E-state index in [2.05, 4.69) is 10.6 Å². The number of amides is 2. The number of carbonyl (C=O) groups is 2. The lowest BCUT2D eigenvalue weighted by Crippen LogP contribution is -2.20. The third kappa shape index (κ3) is 4.38. The van der Waals surface area contributed by atoms with Crippen molar-refractivity contribution in [3.8, 4) is 11.5 Å². The van der Waals surface area contributed by atoms with Gasteiger partial charge in [0, 0.05) is 11.4 Å². The van der Waals surface area contributed by atoms with Gasteiger partial charge in [-0.05, 0) is 55.0 Å². The first-order chi connectivity index (χ1) is 13.7. The highest BCUT2D eigenvalue weighted by Gasteiger charge is 2.48. The second kappa shape index (κ2) is 7.96. The molecule has 140 valence electrons. The van der Waals surface area contributed by atoms with Crippen molar-refractivity contribution in [3.05, 3.63) is 84.9 Å². The first kappa shape index (κ1) is 17.8. The summed E-state index contributed by atoms with van der Waals surface area (Å²) in [5, 5.41) is 5.72. The number of hydrogen-bond acceptors (Lipinski definition) is 3. The molecule has 2 atom stereocenters. The predicted octanol–water partition coefficient (Wildman–Crippen LogP) is 4.69. The molecular weight excluding hydrogens is 352 g/mol. The van der Waals surface area contributed by atoms with E-state index >= 15 is 0 Å². The van der Waals surface area contributed by atoms with E-state index in [0.717, 1.165) is 11.4 Å². The minimum Gasteiger partial charge on any atom is -0.457 e. The van der Waals surface area contributed by atoms with Gasteiger partial charge in [0.05, 0.1) is 11.8 Å². The van der Waals surface area contributed by atoms with Crippen LogP contribution in [0.3, 0.4) is 0 Å². The van der Waals surface area contributed by atoms with Gasteiger partial charge in [-0.2, -0.15) is 0 Å². The molecule has 5 nitrogen and oxygen atoms in total. The normalized spacial score (nSPS) is 17.4. The van der Waals surface area contributed by atoms with E-state index in [9.17, 15) is 9.59 Å². The van der Waals surface area contributed by atoms with Gasteiger partial charge < -0.3 is 15.4 Å². The fraction of sp³-hybridized carbons (Fsp3) is 0.130. The molecule has 0 heterocycles. The number of rotatable bonds is 6. The summed E-state index contributed by atoms with van der Waals surface area (Å²) in [6.07, 6.45) is 0.569. The van der Waals surface area contributed by atoms with Crippen LogP contribution in [0.1, 0.15) is 6.42 Å². The fourth-order valence-electron chi connectivity index (χ4n) is 3.00. The molecule has 1 aliphatic carbocycles. The van der Waals surface area contributed by atoms with E-state index < -0.39 is 0 Å². The van der Waals surface area contributed by atoms with E-state index in [1.807, 2.05) is 60.7 Å². The maximum Gasteiger partial charge on any atom is 0.228 e. The summed E-state index contributed by atoms with van der Waals surface area (Å²) in [7, 11) is 0. The van der Waals surface area contributed by atoms with Gasteiger partial charge in [0.25, 0.3) is 0 Å². The molecule has 1 saturated carbocycles. The minimum absolute atomic E-state index is 0.113. The fourth-order valence-corrected chi connectivity index (χ4v) is 3.00. The Bertz CT molecular complexity index is 956. The van der Waals surface area contributed by atoms with Crippen molar-refractivity contribution in [1.82, 2.24) is 0 Å². The molecule has 1 fully saturated rings. The molecule has 5 heteroatoms. The topological polar surface area (TPSA) is 67.4 Å². The maximum atomic E-state index is 12.4. The minimum atomic E-state index is -0.288. The van der Waals surface area contributed by atoms with Crippen molar-refractivity contribution in [2.45, 2.75) is 6.42 Å². The molecule has 0 bridgehead atoms. The van der Waals surface area contributed by atoms with E-state index in [1.165, 1.54) is 0 Å². The van der Waals surface area contributed by atoms with Gasteiger partial charge in [0.15, 0.2) is 0 Å². The Morgan fingerprint density at radius 3 is 1.68 bits per heavy atom. The zero-order valence-electron chi connectivity index (χ0n) is 15.2. The van der Waals surface area contributed by atoms with Crippen molar-refractivity contribution in [1.29, 1.82) is 0 Å². The Balaban J connectivity index is 1.29. The van der Waals surface area contributed by atoms with Crippen LogP contribution in [0.4, 0.5) is 11.4 Å². The molecule has 2 N–H and O–H groups in total. The molecular formula is C23H20N2O3. The summed E-state index contributed by atoms with van der Waals surface area (Å²) in [5.41, 5.74) is 1.42. The largest absolute Gasteiger partial charge is 0.457 e. The summed E-state index contributed by atoms with van der Waals surface area (Å²) in [6, 6.07) is 25.9. The number of ether oxygens (including phenoxy) is 1. The van der Waals surface area contributed by atoms with Crippen LogP contribution in [0.2, 0.25) is 0 Å². The molecule has 1 aliphatic rings. The number of carbonyl (C=O) groups excluding carboxylic acids is 2. The van der Waals surface area contributed by atoms with Crippen LogP contribution >= 0.6 is 0 Å². The van der Waals surface area contributed by atoms with Crippen molar-refractivity contribution in [2.24, 2.45) is 11.8 Å². The molecule has 4 rings (SSSR count). The molecule has 0 aliphatic heterocycles. The number of nitrogens with one attached hydrogen (secondary N) is 2. The highest BCUT2D eigenvalue weighted by molar-refractivity contribution is 6.03. The van der Waals surface area contributed by atoms with Crippen molar-refractivity contribution in [3.63, 3.8) is 0 Å². The number of hydrogen-bond donors (Lipinski definition) is 2. The van der Waals surface area contributed by atoms with Gasteiger partial charge in [-0.25, -0.2) is 0 Å². The quantitative estimate of drug-likeness (QED) is 0.659. The first-order valence-corrected chi connectivity index (χ1v) is 9.19. The second-order valence-electron chi connectivity index (χ2n) is 6.73. The zero-order chi connectivity index (χ0) is 19.3. The SMILES string of the molecule is O=C(Nc1ccccc1)C1CC1C(=O)Nc1ccc(Oc2ccccc2)cc1. The van der Waals surface area contributed by atoms with Gasteiger partial charge in [0.2, 0.25) is 11.8 Å². The van der Waals surface area contributed by atoms with Gasteiger partial charge in [-0.3, -0.25) is 9.59 Å². The average molecular weight is 372 g/mol. The van der Waals surface area contributed by atoms with Crippen LogP contribution in [0, 0.1) is 11.8 Å². The van der Waals surface area contributed by atoms with Crippen LogP contribution in [-0.2, 0) is 9.59 Å². The lowest BCUT2D eigenvalue weighted by molar-refractivity contribution is -0.122. The van der Waals surface area contributed by atoms with Gasteiger partial charge in [-0.15, -0.1) is 0 Å². The van der Waals surface area contributed by atoms with Gasteiger partial charge in [-0.1, -0.05) is 36.4 Å². The molecule has 0 radical (unpaired) electrons. The standard InChI is InChI=1S/C23H20N2O3/c26-22(24-16-7-3-1-4-8-16)20-15-21(20)23(27)25-17-11-13-19(14-12-17)28-18-9-5-2-6-10-18/h1-14,20-21H,15H2,(H,24,26)(H,25,27). The lowest BCUT2D eigenvalue weighted by Gasteiger charge is -2.08. The molecule has 28 heavy (non-hydrogen) atoms. The van der Waals surface area contributed by atoms with Crippen molar-refractivity contribution >= 4 is 23.2 Å². The van der Waals surface area contributed by atoms with E-state index in [0.29, 0.717) is 17.9 Å². The monoisotopic (exact) mass is 372 g/mol. The molecule has 2 amide bonds. The van der Waals surface area contributed by atoms with E-state index in [-0.39, 0.29) is 23.7 Å². The average Bonchev–Trinajstić information content (AvgIpc) is 3.52. The van der Waals surface area contributed by atoms with E-state index in [4.69, 9.17) is 4.74 Å². The van der Waals surface area contributed by atoms with Crippen LogP contribution in [0.25, 0.3) is 0 Å². The zero-order valence-corrected chi connectivity index (χ0v) is 15.2. The summed E-state index contributed by atoms with van der Waals surface area (Å²) in [4.78, 5) is 24.6. The molecule has 3 aromatic carbocycles. The Morgan fingerprint density at radius 1 is 0.643 bits per heavy atom. The van der Waals surface area contributed by atoms with Crippen LogP contribution in [-0.4, -0.2) is 11.8 Å². The van der Waals surface area contributed by atoms with Crippen LogP contribution in [0.15, 0.2) is 84.9 Å². The summed E-state index contributed by atoms with van der Waals surface area (Å²) >= 11 is 0. The Hall–Kier alpha value is -3.60. The number of benzene rings is 3. The Kier molecular flexibility index (Phi) is 5.06. The summed E-state index contributed by atoms with van der Waals surface area (Å²) in [6.45, 7) is 0. The molecule has 0 aromatic heterocycles. The molecule has 3 aromatic rings. The number of anilines is 2. The van der Waals surface area contributed by atoms with E-state index in [1.54, 1.807) is 24.3 Å². The Morgan fingerprint density at radius 2 is 1.11 bits per heavy atom. The Labute approximate surface area is 163 Å². The molecule has 2 unspecified atom stereocenters.